The molecule has 0 bridgehead atoms. The predicted octanol–water partition coefficient (Wildman–Crippen LogP) is 3.99. The van der Waals surface area contributed by atoms with Crippen molar-refractivity contribution < 1.29 is 13.9 Å². The Bertz CT molecular complexity index is 1120. The zero-order valence-electron chi connectivity index (χ0n) is 16.6. The maximum atomic E-state index is 13.2. The SMILES string of the molecule is COCc1c(C(=O)N(C)[C@H](C)c2ccc(-n3cncn3)cc2)oc2ccccc12. The van der Waals surface area contributed by atoms with Crippen molar-refractivity contribution in [1.82, 2.24) is 19.7 Å². The minimum Gasteiger partial charge on any atom is -0.451 e. The van der Waals surface area contributed by atoms with Gasteiger partial charge >= 0.3 is 0 Å². The van der Waals surface area contributed by atoms with Crippen molar-refractivity contribution in [1.29, 1.82) is 0 Å². The summed E-state index contributed by atoms with van der Waals surface area (Å²) in [6, 6.07) is 15.4. The lowest BCUT2D eigenvalue weighted by atomic mass is 10.1. The Morgan fingerprint density at radius 2 is 1.97 bits per heavy atom. The summed E-state index contributed by atoms with van der Waals surface area (Å²) >= 11 is 0. The van der Waals surface area contributed by atoms with Crippen LogP contribution in [0, 0.1) is 0 Å². The Morgan fingerprint density at radius 3 is 2.66 bits per heavy atom. The number of hydrogen-bond acceptors (Lipinski definition) is 5. The van der Waals surface area contributed by atoms with Gasteiger partial charge in [0.2, 0.25) is 0 Å². The van der Waals surface area contributed by atoms with Gasteiger partial charge in [-0.25, -0.2) is 9.67 Å². The van der Waals surface area contributed by atoms with Crippen LogP contribution in [0.25, 0.3) is 16.7 Å². The fourth-order valence-electron chi connectivity index (χ4n) is 3.37. The third-order valence-electron chi connectivity index (χ3n) is 5.14. The molecular weight excluding hydrogens is 368 g/mol. The van der Waals surface area contributed by atoms with Crippen LogP contribution in [0.15, 0.2) is 65.6 Å². The van der Waals surface area contributed by atoms with Gasteiger partial charge in [0.25, 0.3) is 5.91 Å². The summed E-state index contributed by atoms with van der Waals surface area (Å²) in [7, 11) is 3.39. The van der Waals surface area contributed by atoms with E-state index in [1.54, 1.807) is 30.1 Å². The number of hydrogen-bond donors (Lipinski definition) is 0. The van der Waals surface area contributed by atoms with Crippen LogP contribution in [-0.4, -0.2) is 39.7 Å². The van der Waals surface area contributed by atoms with Crippen molar-refractivity contribution in [2.24, 2.45) is 0 Å². The maximum Gasteiger partial charge on any atom is 0.290 e. The fraction of sp³-hybridized carbons (Fsp3) is 0.227. The first-order valence-corrected chi connectivity index (χ1v) is 9.31. The number of nitrogens with zero attached hydrogens (tertiary/aromatic N) is 4. The third kappa shape index (κ3) is 3.52. The summed E-state index contributed by atoms with van der Waals surface area (Å²) in [5.74, 6) is 0.141. The van der Waals surface area contributed by atoms with Gasteiger partial charge in [0.05, 0.1) is 18.3 Å². The molecule has 7 heteroatoms. The van der Waals surface area contributed by atoms with Gasteiger partial charge in [-0.1, -0.05) is 30.3 Å². The average Bonchev–Trinajstić information content (AvgIpc) is 3.41. The molecule has 0 spiro atoms. The molecule has 0 radical (unpaired) electrons. The number of benzene rings is 2. The van der Waals surface area contributed by atoms with Gasteiger partial charge in [-0.15, -0.1) is 0 Å². The molecule has 4 rings (SSSR count). The summed E-state index contributed by atoms with van der Waals surface area (Å²) in [6.45, 7) is 2.30. The lowest BCUT2D eigenvalue weighted by molar-refractivity contribution is 0.0706. The number of fused-ring (bicyclic) bond motifs is 1. The fourth-order valence-corrected chi connectivity index (χ4v) is 3.37. The number of amides is 1. The second-order valence-electron chi connectivity index (χ2n) is 6.86. The second kappa shape index (κ2) is 7.89. The smallest absolute Gasteiger partial charge is 0.290 e. The topological polar surface area (TPSA) is 73.4 Å². The van der Waals surface area contributed by atoms with Crippen molar-refractivity contribution in [2.45, 2.75) is 19.6 Å². The molecule has 1 atom stereocenters. The molecule has 0 fully saturated rings. The van der Waals surface area contributed by atoms with E-state index in [9.17, 15) is 4.79 Å². The van der Waals surface area contributed by atoms with E-state index in [0.717, 1.165) is 22.2 Å². The quantitative estimate of drug-likeness (QED) is 0.498. The van der Waals surface area contributed by atoms with Crippen molar-refractivity contribution in [3.05, 3.63) is 78.1 Å². The van der Waals surface area contributed by atoms with E-state index < -0.39 is 0 Å². The van der Waals surface area contributed by atoms with Crippen molar-refractivity contribution in [3.8, 4) is 5.69 Å². The Kier molecular flexibility index (Phi) is 5.14. The van der Waals surface area contributed by atoms with Crippen molar-refractivity contribution in [2.75, 3.05) is 14.2 Å². The van der Waals surface area contributed by atoms with Gasteiger partial charge in [-0.2, -0.15) is 5.10 Å². The number of furan rings is 1. The molecule has 0 aliphatic heterocycles. The van der Waals surface area contributed by atoms with Gasteiger partial charge in [0.15, 0.2) is 5.76 Å². The first kappa shape index (κ1) is 18.9. The highest BCUT2D eigenvalue weighted by molar-refractivity contribution is 5.99. The average molecular weight is 390 g/mol. The molecule has 29 heavy (non-hydrogen) atoms. The molecule has 2 aromatic carbocycles. The first-order valence-electron chi connectivity index (χ1n) is 9.31. The molecule has 148 valence electrons. The highest BCUT2D eigenvalue weighted by Crippen LogP contribution is 2.29. The number of ether oxygens (including phenoxy) is 1. The van der Waals surface area contributed by atoms with E-state index in [2.05, 4.69) is 10.1 Å². The molecule has 0 N–H and O–H groups in total. The monoisotopic (exact) mass is 390 g/mol. The van der Waals surface area contributed by atoms with E-state index in [0.29, 0.717) is 18.0 Å². The number of carbonyl (C=O) groups is 1. The van der Waals surface area contributed by atoms with Crippen LogP contribution in [0.4, 0.5) is 0 Å². The Hall–Kier alpha value is -3.45. The molecule has 0 saturated heterocycles. The van der Waals surface area contributed by atoms with Gasteiger partial charge in [0.1, 0.15) is 18.2 Å². The molecule has 0 aliphatic carbocycles. The summed E-state index contributed by atoms with van der Waals surface area (Å²) in [6.07, 6.45) is 3.14. The van der Waals surface area contributed by atoms with E-state index in [1.165, 1.54) is 6.33 Å². The summed E-state index contributed by atoms with van der Waals surface area (Å²) < 4.78 is 12.9. The van der Waals surface area contributed by atoms with Crippen LogP contribution in [0.2, 0.25) is 0 Å². The molecule has 7 nitrogen and oxygen atoms in total. The van der Waals surface area contributed by atoms with Gasteiger partial charge in [-0.3, -0.25) is 4.79 Å². The molecule has 2 heterocycles. The number of para-hydroxylation sites is 1. The highest BCUT2D eigenvalue weighted by atomic mass is 16.5. The number of rotatable bonds is 6. The predicted molar refractivity (Wildman–Crippen MR) is 109 cm³/mol. The lowest BCUT2D eigenvalue weighted by Gasteiger charge is -2.25. The molecule has 1 amide bonds. The molecule has 4 aromatic rings. The molecule has 2 aromatic heterocycles. The van der Waals surface area contributed by atoms with Crippen LogP contribution in [0.1, 0.15) is 34.6 Å². The minimum atomic E-state index is -0.180. The van der Waals surface area contributed by atoms with Crippen molar-refractivity contribution >= 4 is 16.9 Å². The van der Waals surface area contributed by atoms with E-state index in [-0.39, 0.29) is 11.9 Å². The van der Waals surface area contributed by atoms with Gasteiger partial charge in [-0.05, 0) is 30.7 Å². The van der Waals surface area contributed by atoms with Gasteiger partial charge in [0, 0.05) is 25.1 Å². The van der Waals surface area contributed by atoms with E-state index >= 15 is 0 Å². The third-order valence-corrected chi connectivity index (χ3v) is 5.14. The second-order valence-corrected chi connectivity index (χ2v) is 6.86. The number of carbonyl (C=O) groups excluding carboxylic acids is 1. The summed E-state index contributed by atoms with van der Waals surface area (Å²) in [5, 5.41) is 5.03. The van der Waals surface area contributed by atoms with E-state index in [1.807, 2.05) is 55.5 Å². The van der Waals surface area contributed by atoms with Crippen molar-refractivity contribution in [3.63, 3.8) is 0 Å². The molecular formula is C22H22N4O3. The van der Waals surface area contributed by atoms with Crippen LogP contribution >= 0.6 is 0 Å². The summed E-state index contributed by atoms with van der Waals surface area (Å²) in [4.78, 5) is 18.9. The maximum absolute atomic E-state index is 13.2. The zero-order valence-corrected chi connectivity index (χ0v) is 16.6. The van der Waals surface area contributed by atoms with Crippen LogP contribution < -0.4 is 0 Å². The van der Waals surface area contributed by atoms with Crippen LogP contribution in [0.3, 0.4) is 0 Å². The summed E-state index contributed by atoms with van der Waals surface area (Å²) in [5.41, 5.74) is 3.37. The highest BCUT2D eigenvalue weighted by Gasteiger charge is 2.26. The van der Waals surface area contributed by atoms with Gasteiger partial charge < -0.3 is 14.1 Å². The Labute approximate surface area is 168 Å². The lowest BCUT2D eigenvalue weighted by Crippen LogP contribution is -2.30. The molecule has 0 unspecified atom stereocenters. The Balaban J connectivity index is 1.60. The minimum absolute atomic E-state index is 0.143. The first-order chi connectivity index (χ1) is 14.1. The Morgan fingerprint density at radius 1 is 1.21 bits per heavy atom. The largest absolute Gasteiger partial charge is 0.451 e. The van der Waals surface area contributed by atoms with Crippen LogP contribution in [0.5, 0.6) is 0 Å². The molecule has 0 aliphatic rings. The number of aromatic nitrogens is 3. The molecule has 0 saturated carbocycles. The normalized spacial score (nSPS) is 12.2. The zero-order chi connectivity index (χ0) is 20.4. The number of methoxy groups -OCH3 is 1. The van der Waals surface area contributed by atoms with E-state index in [4.69, 9.17) is 9.15 Å². The van der Waals surface area contributed by atoms with Crippen LogP contribution in [-0.2, 0) is 11.3 Å². The standard InChI is InChI=1S/C22H22N4O3/c1-15(16-8-10-17(11-9-16)26-14-23-13-24-26)25(2)22(27)21-19(12-28-3)18-6-4-5-7-20(18)29-21/h4-11,13-15H,12H2,1-3H3/t15-/m1/s1.